The fourth-order valence-corrected chi connectivity index (χ4v) is 2.98. The Kier molecular flexibility index (Phi) is 4.54. The molecule has 0 spiro atoms. The molecule has 1 atom stereocenters. The smallest absolute Gasteiger partial charge is 0.230 e. The molecule has 0 aliphatic heterocycles. The lowest BCUT2D eigenvalue weighted by molar-refractivity contribution is -0.115. The summed E-state index contributed by atoms with van der Waals surface area (Å²) in [5, 5.41) is 13.0. The average Bonchev–Trinajstić information content (AvgIpc) is 3.13. The zero-order valence-electron chi connectivity index (χ0n) is 22.1. The van der Waals surface area contributed by atoms with E-state index in [1.54, 1.807) is 30.3 Å². The molecule has 3 rings (SSSR count). The number of hydrogen-bond donors (Lipinski definition) is 3. The van der Waals surface area contributed by atoms with Gasteiger partial charge in [0.1, 0.15) is 0 Å². The van der Waals surface area contributed by atoms with Crippen molar-refractivity contribution in [2.45, 2.75) is 38.2 Å². The number of nitrogens with zero attached hydrogens (tertiary/aromatic N) is 1. The first kappa shape index (κ1) is 12.7. The third kappa shape index (κ3) is 6.18. The van der Waals surface area contributed by atoms with Crippen LogP contribution >= 0.6 is 11.3 Å². The van der Waals surface area contributed by atoms with Crippen molar-refractivity contribution in [2.75, 3.05) is 11.1 Å². The molecule has 0 radical (unpaired) electrons. The molecule has 0 unspecified atom stereocenters. The highest BCUT2D eigenvalue weighted by molar-refractivity contribution is 7.13. The maximum Gasteiger partial charge on any atom is 0.230 e. The summed E-state index contributed by atoms with van der Waals surface area (Å²) in [6.45, 7) is 0. The molecule has 0 aliphatic rings. The minimum atomic E-state index is -1.96. The third-order valence-electron chi connectivity index (χ3n) is 3.84. The number of hydrogen-bond acceptors (Lipinski definition) is 5. The number of benzene rings is 2. The second-order valence-corrected chi connectivity index (χ2v) is 6.88. The third-order valence-corrected chi connectivity index (χ3v) is 4.48. The van der Waals surface area contributed by atoms with Gasteiger partial charge in [0.25, 0.3) is 0 Å². The minimum absolute atomic E-state index is 0.0322. The quantitative estimate of drug-likeness (QED) is 0.496. The molecule has 0 saturated heterocycles. The normalized spacial score (nSPS) is 16.0. The maximum atomic E-state index is 12.4. The molecule has 28 heavy (non-hydrogen) atoms. The fraction of sp³-hybridized carbons (Fsp3) is 0.273. The van der Waals surface area contributed by atoms with E-state index >= 15 is 0 Å². The average molecular weight is 403 g/mol. The van der Waals surface area contributed by atoms with Crippen molar-refractivity contribution in [3.63, 3.8) is 0 Å². The first-order valence-corrected chi connectivity index (χ1v) is 9.58. The molecule has 0 bridgehead atoms. The highest BCUT2D eigenvalue weighted by Gasteiger charge is 2.08. The lowest BCUT2D eigenvalue weighted by Crippen LogP contribution is -2.14. The number of carbonyl (C=O) groups excluding carboxylic acids is 1. The molecule has 4 N–H and O–H groups in total. The fourth-order valence-electron chi connectivity index (χ4n) is 2.48. The van der Waals surface area contributed by atoms with Crippen molar-refractivity contribution in [3.8, 4) is 0 Å². The molecule has 1 amide bonds. The molecule has 1 aromatic heterocycles. The number of carbonyl (C=O) groups is 1. The number of rotatable bonds is 9. The van der Waals surface area contributed by atoms with Crippen LogP contribution in [0.1, 0.15) is 51.7 Å². The van der Waals surface area contributed by atoms with Crippen LogP contribution in [0.25, 0.3) is 0 Å². The Morgan fingerprint density at radius 1 is 1.25 bits per heavy atom. The first-order valence-electron chi connectivity index (χ1n) is 12.3. The van der Waals surface area contributed by atoms with Crippen LogP contribution in [0.15, 0.2) is 59.9 Å². The Balaban J connectivity index is 1.71. The standard InChI is InChI=1S/C22H25N3O2S/c23-22-25-19(15-28-22)14-21(27)24-18-12-10-16(11-13-18)6-4-5-9-20(26)17-7-2-1-3-8-17/h1-3,7-8,10-13,15,20,26H,4-6,9,14H2,(H2,23,25)(H,24,27)/t20-/m0/s1/i9D2,10D,11D,12D,13D,15D. The number of nitrogen functional groups attached to an aromatic ring is 1. The largest absolute Gasteiger partial charge is 0.388 e. The highest BCUT2D eigenvalue weighted by Crippen LogP contribution is 2.20. The number of amides is 1. The monoisotopic (exact) mass is 402 g/mol. The predicted molar refractivity (Wildman–Crippen MR) is 114 cm³/mol. The van der Waals surface area contributed by atoms with Gasteiger partial charge in [0.15, 0.2) is 5.13 Å². The number of anilines is 2. The summed E-state index contributed by atoms with van der Waals surface area (Å²) in [6, 6.07) is 6.93. The van der Waals surface area contributed by atoms with E-state index in [2.05, 4.69) is 10.3 Å². The van der Waals surface area contributed by atoms with Gasteiger partial charge in [-0.15, -0.1) is 11.3 Å². The van der Waals surface area contributed by atoms with Crippen molar-refractivity contribution < 1.29 is 19.5 Å². The van der Waals surface area contributed by atoms with Crippen LogP contribution in [-0.4, -0.2) is 16.0 Å². The van der Waals surface area contributed by atoms with Crippen molar-refractivity contribution in [1.82, 2.24) is 4.98 Å². The Hall–Kier alpha value is -2.70. The Labute approximate surface area is 179 Å². The highest BCUT2D eigenvalue weighted by atomic mass is 32.1. The zero-order valence-corrected chi connectivity index (χ0v) is 15.9. The van der Waals surface area contributed by atoms with Gasteiger partial charge in [-0.2, -0.15) is 0 Å². The van der Waals surface area contributed by atoms with Gasteiger partial charge in [-0.25, -0.2) is 4.98 Å². The maximum absolute atomic E-state index is 12.4. The first-order chi connectivity index (χ1) is 16.4. The van der Waals surface area contributed by atoms with E-state index in [1.807, 2.05) is 0 Å². The van der Waals surface area contributed by atoms with Crippen LogP contribution in [-0.2, 0) is 17.6 Å². The predicted octanol–water partition coefficient (Wildman–Crippen LogP) is 4.35. The van der Waals surface area contributed by atoms with Gasteiger partial charge < -0.3 is 16.2 Å². The molecule has 1 heterocycles. The number of aliphatic hydroxyl groups excluding tert-OH is 1. The molecule has 3 aromatic rings. The summed E-state index contributed by atoms with van der Waals surface area (Å²) in [5.41, 5.74) is 5.96. The summed E-state index contributed by atoms with van der Waals surface area (Å²) < 4.78 is 57.3. The van der Waals surface area contributed by atoms with Gasteiger partial charge in [0.05, 0.1) is 25.1 Å². The van der Waals surface area contributed by atoms with Gasteiger partial charge in [-0.05, 0) is 42.4 Å². The van der Waals surface area contributed by atoms with Gasteiger partial charge in [-0.1, -0.05) is 48.8 Å². The van der Waals surface area contributed by atoms with Gasteiger partial charge in [0, 0.05) is 13.8 Å². The van der Waals surface area contributed by atoms with Crippen molar-refractivity contribution in [2.24, 2.45) is 0 Å². The Morgan fingerprint density at radius 3 is 2.68 bits per heavy atom. The van der Waals surface area contributed by atoms with E-state index < -0.39 is 30.5 Å². The molecular weight excluding hydrogens is 370 g/mol. The van der Waals surface area contributed by atoms with Crippen LogP contribution in [0.4, 0.5) is 10.8 Å². The lowest BCUT2D eigenvalue weighted by Gasteiger charge is -2.10. The van der Waals surface area contributed by atoms with E-state index in [0.29, 0.717) is 5.56 Å². The lowest BCUT2D eigenvalue weighted by atomic mass is 10.0. The van der Waals surface area contributed by atoms with Crippen LogP contribution in [0.2, 0.25) is 0 Å². The molecule has 2 aromatic carbocycles. The molecule has 0 fully saturated rings. The molecule has 0 saturated carbocycles. The van der Waals surface area contributed by atoms with E-state index in [4.69, 9.17) is 15.3 Å². The molecule has 146 valence electrons. The van der Waals surface area contributed by atoms with E-state index in [-0.39, 0.29) is 65.2 Å². The molecular formula is C22H25N3O2S. The second-order valence-electron chi connectivity index (χ2n) is 6.05. The zero-order chi connectivity index (χ0) is 25.9. The summed E-state index contributed by atoms with van der Waals surface area (Å²) in [6.07, 6.45) is -3.42. The van der Waals surface area contributed by atoms with E-state index in [0.717, 1.165) is 11.3 Å². The van der Waals surface area contributed by atoms with Crippen molar-refractivity contribution >= 4 is 28.1 Å². The van der Waals surface area contributed by atoms with Crippen LogP contribution < -0.4 is 11.1 Å². The molecule has 5 nitrogen and oxygen atoms in total. The summed E-state index contributed by atoms with van der Waals surface area (Å²) in [7, 11) is 0. The van der Waals surface area contributed by atoms with Crippen LogP contribution in [0.3, 0.4) is 0 Å². The van der Waals surface area contributed by atoms with Gasteiger partial charge >= 0.3 is 0 Å². The van der Waals surface area contributed by atoms with Crippen molar-refractivity contribution in [1.29, 1.82) is 0 Å². The summed E-state index contributed by atoms with van der Waals surface area (Å²) in [4.78, 5) is 16.3. The topological polar surface area (TPSA) is 88.2 Å². The van der Waals surface area contributed by atoms with Crippen molar-refractivity contribution in [3.05, 3.63) is 76.7 Å². The molecule has 0 aliphatic carbocycles. The SMILES string of the molecule is [2H]c1sc(N)nc1CC(=O)Nc1c([2H])c([2H])c(CCCC([2H])([2H])[C@H](O)c2ccccc2)c([2H])c1[2H]. The second kappa shape index (κ2) is 10.0. The van der Waals surface area contributed by atoms with Crippen LogP contribution in [0.5, 0.6) is 0 Å². The molecule has 6 heteroatoms. The summed E-state index contributed by atoms with van der Waals surface area (Å²) >= 11 is 0.917. The van der Waals surface area contributed by atoms with E-state index in [1.165, 1.54) is 0 Å². The Bertz CT molecular complexity index is 1190. The van der Waals surface area contributed by atoms with Crippen LogP contribution in [0, 0.1) is 0 Å². The van der Waals surface area contributed by atoms with Gasteiger partial charge in [0.2, 0.25) is 5.91 Å². The summed E-state index contributed by atoms with van der Waals surface area (Å²) in [5.74, 6) is -0.652. The number of aliphatic hydroxyl groups is 1. The Morgan fingerprint density at radius 2 is 2.00 bits per heavy atom. The number of nitrogens with two attached hydrogens (primary N) is 1. The minimum Gasteiger partial charge on any atom is -0.388 e. The van der Waals surface area contributed by atoms with Gasteiger partial charge in [-0.3, -0.25) is 4.79 Å². The number of thiazole rings is 1. The number of nitrogens with one attached hydrogen (secondary N) is 1. The number of aromatic nitrogens is 1. The van der Waals surface area contributed by atoms with E-state index in [9.17, 15) is 9.90 Å².